The Morgan fingerprint density at radius 1 is 1.58 bits per heavy atom. The average Bonchev–Trinajstić information content (AvgIpc) is 2.67. The third-order valence-electron chi connectivity index (χ3n) is 1.74. The van der Waals surface area contributed by atoms with Gasteiger partial charge in [0.15, 0.2) is 0 Å². The molecule has 0 heterocycles. The van der Waals surface area contributed by atoms with E-state index in [1.165, 1.54) is 0 Å². The number of carbonyl (C=O) groups excluding carboxylic acids is 1. The molecule has 0 radical (unpaired) electrons. The molecule has 12 heavy (non-hydrogen) atoms. The molecule has 2 amide bonds. The number of carbonyl (C=O) groups is 1. The summed E-state index contributed by atoms with van der Waals surface area (Å²) in [5.74, 6) is 0. The van der Waals surface area contributed by atoms with Crippen molar-refractivity contribution in [3.8, 4) is 6.07 Å². The molecule has 66 valence electrons. The first-order valence-electron chi connectivity index (χ1n) is 4.08. The first kappa shape index (κ1) is 8.85. The van der Waals surface area contributed by atoms with Crippen molar-refractivity contribution >= 4 is 6.03 Å². The van der Waals surface area contributed by atoms with Crippen LogP contribution in [-0.2, 0) is 0 Å². The number of urea groups is 1. The molecule has 1 aliphatic carbocycles. The summed E-state index contributed by atoms with van der Waals surface area (Å²) < 4.78 is 0. The SMILES string of the molecule is CC(C)NC(=O)NC1(C#N)CC1. The van der Waals surface area contributed by atoms with E-state index in [-0.39, 0.29) is 12.1 Å². The zero-order chi connectivity index (χ0) is 9.19. The van der Waals surface area contributed by atoms with Crippen molar-refractivity contribution in [1.29, 1.82) is 5.26 Å². The smallest absolute Gasteiger partial charge is 0.316 e. The first-order chi connectivity index (χ1) is 5.58. The zero-order valence-electron chi connectivity index (χ0n) is 7.35. The maximum atomic E-state index is 11.1. The van der Waals surface area contributed by atoms with Crippen molar-refractivity contribution in [3.05, 3.63) is 0 Å². The van der Waals surface area contributed by atoms with Gasteiger partial charge in [-0.2, -0.15) is 5.26 Å². The lowest BCUT2D eigenvalue weighted by Crippen LogP contribution is -2.45. The molecule has 0 aromatic carbocycles. The highest BCUT2D eigenvalue weighted by Gasteiger charge is 2.44. The van der Waals surface area contributed by atoms with E-state index < -0.39 is 5.54 Å². The highest BCUT2D eigenvalue weighted by atomic mass is 16.2. The van der Waals surface area contributed by atoms with E-state index in [9.17, 15) is 4.79 Å². The Labute approximate surface area is 71.9 Å². The summed E-state index contributed by atoms with van der Waals surface area (Å²) in [5.41, 5.74) is -0.557. The summed E-state index contributed by atoms with van der Waals surface area (Å²) in [7, 11) is 0. The fraction of sp³-hybridized carbons (Fsp3) is 0.750. The van der Waals surface area contributed by atoms with Crippen LogP contribution >= 0.6 is 0 Å². The number of amides is 2. The van der Waals surface area contributed by atoms with Crippen LogP contribution in [0.1, 0.15) is 26.7 Å². The van der Waals surface area contributed by atoms with Crippen LogP contribution in [-0.4, -0.2) is 17.6 Å². The third kappa shape index (κ3) is 2.12. The summed E-state index contributed by atoms with van der Waals surface area (Å²) in [4.78, 5) is 11.1. The van der Waals surface area contributed by atoms with E-state index in [0.717, 1.165) is 12.8 Å². The number of hydrogen-bond donors (Lipinski definition) is 2. The van der Waals surface area contributed by atoms with Gasteiger partial charge in [0, 0.05) is 6.04 Å². The van der Waals surface area contributed by atoms with Crippen LogP contribution in [0, 0.1) is 11.3 Å². The molecule has 4 heteroatoms. The van der Waals surface area contributed by atoms with Gasteiger partial charge in [-0.1, -0.05) is 0 Å². The molecule has 0 bridgehead atoms. The molecule has 0 aromatic heterocycles. The van der Waals surface area contributed by atoms with Gasteiger partial charge in [0.05, 0.1) is 6.07 Å². The van der Waals surface area contributed by atoms with Crippen LogP contribution in [0.5, 0.6) is 0 Å². The molecule has 0 spiro atoms. The second kappa shape index (κ2) is 3.02. The summed E-state index contributed by atoms with van der Waals surface area (Å²) in [6.45, 7) is 3.76. The van der Waals surface area contributed by atoms with Crippen LogP contribution in [0.25, 0.3) is 0 Å². The maximum absolute atomic E-state index is 11.1. The van der Waals surface area contributed by atoms with Gasteiger partial charge >= 0.3 is 6.03 Å². The van der Waals surface area contributed by atoms with Gasteiger partial charge in [0.25, 0.3) is 0 Å². The molecule has 0 unspecified atom stereocenters. The molecule has 0 aromatic rings. The number of nitrogens with one attached hydrogen (secondary N) is 2. The summed E-state index contributed by atoms with van der Waals surface area (Å²) in [6.07, 6.45) is 1.55. The van der Waals surface area contributed by atoms with Crippen molar-refractivity contribution in [1.82, 2.24) is 10.6 Å². The number of nitriles is 1. The number of nitrogens with zero attached hydrogens (tertiary/aromatic N) is 1. The number of hydrogen-bond acceptors (Lipinski definition) is 2. The molecule has 0 saturated heterocycles. The van der Waals surface area contributed by atoms with Crippen LogP contribution < -0.4 is 10.6 Å². The first-order valence-corrected chi connectivity index (χ1v) is 4.08. The Morgan fingerprint density at radius 2 is 2.17 bits per heavy atom. The second-order valence-corrected chi connectivity index (χ2v) is 3.45. The Morgan fingerprint density at radius 3 is 2.50 bits per heavy atom. The van der Waals surface area contributed by atoms with E-state index in [4.69, 9.17) is 5.26 Å². The molecule has 1 aliphatic rings. The van der Waals surface area contributed by atoms with Gasteiger partial charge in [0.1, 0.15) is 5.54 Å². The van der Waals surface area contributed by atoms with E-state index in [0.29, 0.717) is 0 Å². The van der Waals surface area contributed by atoms with Crippen molar-refractivity contribution in [3.63, 3.8) is 0 Å². The van der Waals surface area contributed by atoms with Crippen molar-refractivity contribution < 1.29 is 4.79 Å². The van der Waals surface area contributed by atoms with E-state index in [1.54, 1.807) is 0 Å². The Bertz CT molecular complexity index is 225. The van der Waals surface area contributed by atoms with Gasteiger partial charge < -0.3 is 10.6 Å². The topological polar surface area (TPSA) is 64.9 Å². The van der Waals surface area contributed by atoms with Gasteiger partial charge in [-0.05, 0) is 26.7 Å². The van der Waals surface area contributed by atoms with E-state index in [2.05, 4.69) is 16.7 Å². The highest BCUT2D eigenvalue weighted by Crippen LogP contribution is 2.33. The van der Waals surface area contributed by atoms with E-state index in [1.807, 2.05) is 13.8 Å². The Hall–Kier alpha value is -1.24. The van der Waals surface area contributed by atoms with E-state index >= 15 is 0 Å². The summed E-state index contributed by atoms with van der Waals surface area (Å²) >= 11 is 0. The fourth-order valence-electron chi connectivity index (χ4n) is 0.905. The molecule has 2 N–H and O–H groups in total. The second-order valence-electron chi connectivity index (χ2n) is 3.45. The lowest BCUT2D eigenvalue weighted by molar-refractivity contribution is 0.236. The van der Waals surface area contributed by atoms with Crippen molar-refractivity contribution in [2.45, 2.75) is 38.3 Å². The predicted octanol–water partition coefficient (Wildman–Crippen LogP) is 0.750. The molecular weight excluding hydrogens is 154 g/mol. The fourth-order valence-corrected chi connectivity index (χ4v) is 0.905. The van der Waals surface area contributed by atoms with Crippen LogP contribution in [0.2, 0.25) is 0 Å². The predicted molar refractivity (Wildman–Crippen MR) is 44.4 cm³/mol. The molecule has 1 saturated carbocycles. The molecule has 4 nitrogen and oxygen atoms in total. The minimum atomic E-state index is -0.557. The van der Waals surface area contributed by atoms with Crippen LogP contribution in [0.15, 0.2) is 0 Å². The van der Waals surface area contributed by atoms with Gasteiger partial charge in [-0.15, -0.1) is 0 Å². The monoisotopic (exact) mass is 167 g/mol. The van der Waals surface area contributed by atoms with Crippen LogP contribution in [0.4, 0.5) is 4.79 Å². The lowest BCUT2D eigenvalue weighted by atomic mass is 10.3. The molecule has 1 rings (SSSR count). The third-order valence-corrected chi connectivity index (χ3v) is 1.74. The molecular formula is C8H13N3O. The van der Waals surface area contributed by atoms with Gasteiger partial charge in [-0.25, -0.2) is 4.79 Å². The molecule has 0 atom stereocenters. The summed E-state index contributed by atoms with van der Waals surface area (Å²) in [5, 5.41) is 14.0. The highest BCUT2D eigenvalue weighted by molar-refractivity contribution is 5.76. The average molecular weight is 167 g/mol. The molecule has 1 fully saturated rings. The van der Waals surface area contributed by atoms with Gasteiger partial charge in [0.2, 0.25) is 0 Å². The quantitative estimate of drug-likeness (QED) is 0.637. The van der Waals surface area contributed by atoms with Gasteiger partial charge in [-0.3, -0.25) is 0 Å². The Kier molecular flexibility index (Phi) is 2.22. The van der Waals surface area contributed by atoms with Crippen molar-refractivity contribution in [2.75, 3.05) is 0 Å². The minimum Gasteiger partial charge on any atom is -0.336 e. The summed E-state index contributed by atoms with van der Waals surface area (Å²) in [6, 6.07) is 1.95. The van der Waals surface area contributed by atoms with Crippen molar-refractivity contribution in [2.24, 2.45) is 0 Å². The normalized spacial score (nSPS) is 18.2. The Balaban J connectivity index is 2.33. The standard InChI is InChI=1S/C8H13N3O/c1-6(2)10-7(12)11-8(5-9)3-4-8/h6H,3-4H2,1-2H3,(H2,10,11,12). The minimum absolute atomic E-state index is 0.111. The lowest BCUT2D eigenvalue weighted by Gasteiger charge is -2.12. The van der Waals surface area contributed by atoms with Crippen LogP contribution in [0.3, 0.4) is 0 Å². The largest absolute Gasteiger partial charge is 0.336 e. The number of rotatable bonds is 2. The maximum Gasteiger partial charge on any atom is 0.316 e. The zero-order valence-corrected chi connectivity index (χ0v) is 7.35. The molecule has 0 aliphatic heterocycles.